The number of carbonyl (C=O) groups excluding carboxylic acids is 1. The molecule has 15 heavy (non-hydrogen) atoms. The lowest BCUT2D eigenvalue weighted by Crippen LogP contribution is -2.36. The van der Waals surface area contributed by atoms with E-state index in [1.807, 2.05) is 5.43 Å². The van der Waals surface area contributed by atoms with E-state index in [9.17, 15) is 14.9 Å². The SMILES string of the molecule is O=C[C@H](Cc1ccc(O)cc1)N[N+](=O)[O-]. The molecule has 6 heteroatoms. The van der Waals surface area contributed by atoms with Crippen molar-refractivity contribution in [2.75, 3.05) is 0 Å². The third-order valence-corrected chi connectivity index (χ3v) is 1.83. The van der Waals surface area contributed by atoms with Gasteiger partial charge in [0.1, 0.15) is 18.1 Å². The van der Waals surface area contributed by atoms with Gasteiger partial charge in [-0.2, -0.15) is 0 Å². The van der Waals surface area contributed by atoms with Crippen LogP contribution in [0.25, 0.3) is 0 Å². The summed E-state index contributed by atoms with van der Waals surface area (Å²) in [7, 11) is 0. The molecule has 0 saturated carbocycles. The molecule has 0 fully saturated rings. The minimum Gasteiger partial charge on any atom is -0.508 e. The van der Waals surface area contributed by atoms with Gasteiger partial charge in [-0.25, -0.2) is 10.1 Å². The van der Waals surface area contributed by atoms with E-state index in [1.54, 1.807) is 12.1 Å². The van der Waals surface area contributed by atoms with Gasteiger partial charge in [0.05, 0.1) is 0 Å². The Hall–Kier alpha value is -2.11. The minimum absolute atomic E-state index is 0.114. The van der Waals surface area contributed by atoms with E-state index < -0.39 is 11.1 Å². The van der Waals surface area contributed by atoms with Crippen molar-refractivity contribution < 1.29 is 14.9 Å². The monoisotopic (exact) mass is 210 g/mol. The van der Waals surface area contributed by atoms with Gasteiger partial charge in [0.25, 0.3) is 0 Å². The first kappa shape index (κ1) is 11.0. The number of phenolic OH excluding ortho intramolecular Hbond substituents is 1. The maximum absolute atomic E-state index is 10.5. The molecule has 0 amide bonds. The highest BCUT2D eigenvalue weighted by Gasteiger charge is 2.12. The fourth-order valence-electron chi connectivity index (χ4n) is 1.15. The second-order valence-electron chi connectivity index (χ2n) is 3.00. The summed E-state index contributed by atoms with van der Waals surface area (Å²) in [5, 5.41) is 18.4. The highest BCUT2D eigenvalue weighted by Crippen LogP contribution is 2.10. The number of aromatic hydroxyl groups is 1. The largest absolute Gasteiger partial charge is 0.508 e. The van der Waals surface area contributed by atoms with E-state index in [-0.39, 0.29) is 12.2 Å². The Labute approximate surface area is 85.7 Å². The molecule has 0 bridgehead atoms. The van der Waals surface area contributed by atoms with Crippen LogP contribution in [0.4, 0.5) is 0 Å². The molecule has 0 unspecified atom stereocenters. The average molecular weight is 210 g/mol. The van der Waals surface area contributed by atoms with Crippen molar-refractivity contribution in [2.45, 2.75) is 12.5 Å². The van der Waals surface area contributed by atoms with Crippen molar-refractivity contribution in [1.82, 2.24) is 5.43 Å². The van der Waals surface area contributed by atoms with Gasteiger partial charge in [-0.05, 0) is 17.7 Å². The number of hydrogen-bond donors (Lipinski definition) is 2. The van der Waals surface area contributed by atoms with E-state index in [0.717, 1.165) is 5.56 Å². The van der Waals surface area contributed by atoms with E-state index in [0.29, 0.717) is 6.29 Å². The van der Waals surface area contributed by atoms with Crippen LogP contribution in [-0.4, -0.2) is 22.5 Å². The molecule has 0 aromatic heterocycles. The highest BCUT2D eigenvalue weighted by molar-refractivity contribution is 5.58. The first-order valence-electron chi connectivity index (χ1n) is 4.25. The number of nitrogens with zero attached hydrogens (tertiary/aromatic N) is 1. The molecule has 6 nitrogen and oxygen atoms in total. The van der Waals surface area contributed by atoms with Gasteiger partial charge >= 0.3 is 0 Å². The van der Waals surface area contributed by atoms with Crippen LogP contribution in [-0.2, 0) is 11.2 Å². The quantitative estimate of drug-likeness (QED) is 0.413. The van der Waals surface area contributed by atoms with Crippen molar-refractivity contribution in [3.8, 4) is 5.75 Å². The van der Waals surface area contributed by atoms with Gasteiger partial charge < -0.3 is 9.90 Å². The molecule has 0 aliphatic rings. The predicted molar refractivity (Wildman–Crippen MR) is 51.8 cm³/mol. The third kappa shape index (κ3) is 3.63. The Morgan fingerprint density at radius 1 is 1.47 bits per heavy atom. The second-order valence-corrected chi connectivity index (χ2v) is 3.00. The molecule has 0 saturated heterocycles. The second kappa shape index (κ2) is 4.94. The summed E-state index contributed by atoms with van der Waals surface area (Å²) in [6, 6.07) is 5.28. The number of nitrogens with one attached hydrogen (secondary N) is 1. The van der Waals surface area contributed by atoms with Gasteiger partial charge in [0.2, 0.25) is 0 Å². The number of hydrogen-bond acceptors (Lipinski definition) is 4. The summed E-state index contributed by atoms with van der Waals surface area (Å²) >= 11 is 0. The summed E-state index contributed by atoms with van der Waals surface area (Å²) in [6.45, 7) is 0. The lowest BCUT2D eigenvalue weighted by Gasteiger charge is -2.06. The molecule has 0 radical (unpaired) electrons. The van der Waals surface area contributed by atoms with Crippen LogP contribution < -0.4 is 5.43 Å². The molecular weight excluding hydrogens is 200 g/mol. The van der Waals surface area contributed by atoms with Crippen LogP contribution >= 0.6 is 0 Å². The first-order valence-corrected chi connectivity index (χ1v) is 4.25. The van der Waals surface area contributed by atoms with Crippen LogP contribution in [0.3, 0.4) is 0 Å². The van der Waals surface area contributed by atoms with E-state index in [2.05, 4.69) is 0 Å². The minimum atomic E-state index is -0.857. The van der Waals surface area contributed by atoms with Crippen molar-refractivity contribution in [3.63, 3.8) is 0 Å². The Balaban J connectivity index is 2.62. The van der Waals surface area contributed by atoms with Gasteiger partial charge in [0.15, 0.2) is 5.03 Å². The molecule has 1 aromatic carbocycles. The van der Waals surface area contributed by atoms with E-state index in [1.165, 1.54) is 12.1 Å². The van der Waals surface area contributed by atoms with Crippen LogP contribution in [0.1, 0.15) is 5.56 Å². The molecule has 80 valence electrons. The zero-order chi connectivity index (χ0) is 11.3. The lowest BCUT2D eigenvalue weighted by molar-refractivity contribution is -0.548. The van der Waals surface area contributed by atoms with E-state index in [4.69, 9.17) is 5.11 Å². The van der Waals surface area contributed by atoms with E-state index >= 15 is 0 Å². The average Bonchev–Trinajstić information content (AvgIpc) is 2.19. The van der Waals surface area contributed by atoms with Crippen molar-refractivity contribution in [3.05, 3.63) is 39.9 Å². The first-order chi connectivity index (χ1) is 7.11. The maximum atomic E-state index is 10.5. The summed E-state index contributed by atoms with van der Waals surface area (Å²) in [6.07, 6.45) is 0.695. The fraction of sp³-hybridized carbons (Fsp3) is 0.222. The Kier molecular flexibility index (Phi) is 3.61. The molecular formula is C9H10N2O4. The Bertz CT molecular complexity index is 350. The summed E-state index contributed by atoms with van der Waals surface area (Å²) in [5.74, 6) is 0.114. The van der Waals surface area contributed by atoms with Crippen LogP contribution in [0.15, 0.2) is 24.3 Å². The molecule has 2 N–H and O–H groups in total. The number of phenols is 1. The molecule has 1 aromatic rings. The summed E-state index contributed by atoms with van der Waals surface area (Å²) in [4.78, 5) is 20.6. The Morgan fingerprint density at radius 2 is 2.07 bits per heavy atom. The number of benzene rings is 1. The number of nitro groups is 1. The molecule has 0 aliphatic carbocycles. The van der Waals surface area contributed by atoms with Crippen LogP contribution in [0, 0.1) is 10.1 Å². The van der Waals surface area contributed by atoms with Gasteiger partial charge in [-0.1, -0.05) is 12.1 Å². The third-order valence-electron chi connectivity index (χ3n) is 1.83. The van der Waals surface area contributed by atoms with Crippen LogP contribution in [0.5, 0.6) is 5.75 Å². The summed E-state index contributed by atoms with van der Waals surface area (Å²) < 4.78 is 0. The molecule has 0 spiro atoms. The van der Waals surface area contributed by atoms with Crippen LogP contribution in [0.2, 0.25) is 0 Å². The lowest BCUT2D eigenvalue weighted by atomic mass is 10.1. The van der Waals surface area contributed by atoms with Gasteiger partial charge in [-0.3, -0.25) is 0 Å². The number of carbonyl (C=O) groups is 1. The zero-order valence-corrected chi connectivity index (χ0v) is 7.79. The number of aldehydes is 1. The fourth-order valence-corrected chi connectivity index (χ4v) is 1.15. The Morgan fingerprint density at radius 3 is 2.53 bits per heavy atom. The zero-order valence-electron chi connectivity index (χ0n) is 7.79. The van der Waals surface area contributed by atoms with Crippen molar-refractivity contribution in [1.29, 1.82) is 0 Å². The molecule has 0 heterocycles. The smallest absolute Gasteiger partial charge is 0.158 e. The van der Waals surface area contributed by atoms with Crippen molar-refractivity contribution in [2.24, 2.45) is 0 Å². The standard InChI is InChI=1S/C9H10N2O4/c12-6-8(10-11(14)15)5-7-1-3-9(13)4-2-7/h1-4,6,8,10,13H,5H2/t8-/m0/s1. The highest BCUT2D eigenvalue weighted by atomic mass is 16.7. The van der Waals surface area contributed by atoms with Gasteiger partial charge in [0, 0.05) is 6.42 Å². The summed E-state index contributed by atoms with van der Waals surface area (Å²) in [5.41, 5.74) is 2.62. The van der Waals surface area contributed by atoms with Crippen molar-refractivity contribution >= 4 is 6.29 Å². The topological polar surface area (TPSA) is 92.5 Å². The number of rotatable bonds is 5. The predicted octanol–water partition coefficient (Wildman–Crippen LogP) is 0.283. The normalized spacial score (nSPS) is 11.7. The maximum Gasteiger partial charge on any atom is 0.158 e. The number of hydrazine groups is 1. The van der Waals surface area contributed by atoms with Gasteiger partial charge in [-0.15, -0.1) is 5.43 Å². The molecule has 0 aliphatic heterocycles. The molecule has 1 atom stereocenters. The molecule has 1 rings (SSSR count).